The van der Waals surface area contributed by atoms with Gasteiger partial charge in [-0.2, -0.15) is 0 Å². The zero-order chi connectivity index (χ0) is 17.4. The van der Waals surface area contributed by atoms with Crippen molar-refractivity contribution in [2.24, 2.45) is 0 Å². The van der Waals surface area contributed by atoms with Gasteiger partial charge in [0, 0.05) is 10.3 Å². The number of para-hydroxylation sites is 1. The number of rotatable bonds is 3. The van der Waals surface area contributed by atoms with E-state index in [0.717, 1.165) is 32.0 Å². The normalized spacial score (nSPS) is 11.0. The number of carbonyl (C=O) groups is 1. The molecule has 0 saturated heterocycles. The van der Waals surface area contributed by atoms with Crippen LogP contribution < -0.4 is 5.32 Å². The van der Waals surface area contributed by atoms with Gasteiger partial charge in [0.15, 0.2) is 5.13 Å². The molecule has 3 aromatic heterocycles. The van der Waals surface area contributed by atoms with Gasteiger partial charge in [-0.05, 0) is 37.4 Å². The molecular weight excluding hydrogens is 350 g/mol. The number of nitrogens with zero attached hydrogens (tertiary/aromatic N) is 2. The number of pyridine rings is 1. The smallest absolute Gasteiger partial charge is 0.258 e. The van der Waals surface area contributed by atoms with E-state index in [1.54, 1.807) is 11.3 Å². The molecule has 4 aromatic rings. The molecule has 0 unspecified atom stereocenters. The number of carbonyl (C=O) groups excluding carboxylic acids is 1. The van der Waals surface area contributed by atoms with Gasteiger partial charge in [0.05, 0.1) is 27.3 Å². The highest BCUT2D eigenvalue weighted by molar-refractivity contribution is 7.15. The second kappa shape index (κ2) is 6.38. The van der Waals surface area contributed by atoms with Gasteiger partial charge in [-0.15, -0.1) is 22.7 Å². The van der Waals surface area contributed by atoms with Crippen LogP contribution in [-0.2, 0) is 0 Å². The van der Waals surface area contributed by atoms with Crippen LogP contribution >= 0.6 is 22.7 Å². The van der Waals surface area contributed by atoms with Crippen molar-refractivity contribution in [3.05, 3.63) is 64.0 Å². The Morgan fingerprint density at radius 3 is 2.64 bits per heavy atom. The van der Waals surface area contributed by atoms with E-state index in [1.807, 2.05) is 61.7 Å². The molecule has 1 amide bonds. The lowest BCUT2D eigenvalue weighted by molar-refractivity contribution is 0.102. The Labute approximate surface area is 153 Å². The van der Waals surface area contributed by atoms with Gasteiger partial charge in [0.1, 0.15) is 0 Å². The van der Waals surface area contributed by atoms with E-state index in [-0.39, 0.29) is 5.91 Å². The monoisotopic (exact) mass is 365 g/mol. The minimum Gasteiger partial charge on any atom is -0.298 e. The molecule has 0 radical (unpaired) electrons. The summed E-state index contributed by atoms with van der Waals surface area (Å²) in [4.78, 5) is 24.2. The highest BCUT2D eigenvalue weighted by Gasteiger charge is 2.16. The molecule has 124 valence electrons. The van der Waals surface area contributed by atoms with E-state index >= 15 is 0 Å². The fourth-order valence-electron chi connectivity index (χ4n) is 2.60. The molecule has 0 atom stereocenters. The Kier molecular flexibility index (Phi) is 4.07. The minimum absolute atomic E-state index is 0.162. The molecule has 0 aliphatic rings. The van der Waals surface area contributed by atoms with Crippen molar-refractivity contribution in [1.82, 2.24) is 9.97 Å². The number of aryl methyl sites for hydroxylation is 2. The number of benzene rings is 1. The lowest BCUT2D eigenvalue weighted by atomic mass is 10.1. The number of anilines is 1. The number of amides is 1. The van der Waals surface area contributed by atoms with Crippen LogP contribution in [0, 0.1) is 13.8 Å². The first-order valence-corrected chi connectivity index (χ1v) is 9.50. The van der Waals surface area contributed by atoms with Crippen molar-refractivity contribution in [2.45, 2.75) is 13.8 Å². The molecule has 4 rings (SSSR count). The maximum Gasteiger partial charge on any atom is 0.258 e. The molecule has 0 fully saturated rings. The molecule has 25 heavy (non-hydrogen) atoms. The highest BCUT2D eigenvalue weighted by atomic mass is 32.1. The quantitative estimate of drug-likeness (QED) is 0.537. The van der Waals surface area contributed by atoms with Crippen LogP contribution in [0.15, 0.2) is 47.8 Å². The number of hydrogen-bond acceptors (Lipinski definition) is 5. The molecule has 6 heteroatoms. The predicted octanol–water partition coefficient (Wildman–Crippen LogP) is 5.29. The Hall–Kier alpha value is -2.57. The fourth-order valence-corrected chi connectivity index (χ4v) is 4.10. The Morgan fingerprint density at radius 2 is 1.92 bits per heavy atom. The molecule has 3 heterocycles. The zero-order valence-corrected chi connectivity index (χ0v) is 15.4. The zero-order valence-electron chi connectivity index (χ0n) is 13.7. The maximum absolute atomic E-state index is 12.9. The lowest BCUT2D eigenvalue weighted by Crippen LogP contribution is -2.13. The number of thiazole rings is 1. The van der Waals surface area contributed by atoms with Crippen molar-refractivity contribution < 1.29 is 4.79 Å². The van der Waals surface area contributed by atoms with E-state index in [2.05, 4.69) is 10.3 Å². The molecule has 1 N–H and O–H groups in total. The Bertz CT molecular complexity index is 1050. The molecule has 0 spiro atoms. The summed E-state index contributed by atoms with van der Waals surface area (Å²) in [7, 11) is 0. The molecule has 0 saturated carbocycles. The van der Waals surface area contributed by atoms with Gasteiger partial charge in [0.2, 0.25) is 0 Å². The largest absolute Gasteiger partial charge is 0.298 e. The van der Waals surface area contributed by atoms with Gasteiger partial charge < -0.3 is 0 Å². The van der Waals surface area contributed by atoms with Gasteiger partial charge in [-0.25, -0.2) is 9.97 Å². The summed E-state index contributed by atoms with van der Waals surface area (Å²) < 4.78 is 0. The van der Waals surface area contributed by atoms with Crippen molar-refractivity contribution in [1.29, 1.82) is 0 Å². The minimum atomic E-state index is -0.162. The van der Waals surface area contributed by atoms with Crippen LogP contribution in [0.3, 0.4) is 0 Å². The predicted molar refractivity (Wildman–Crippen MR) is 105 cm³/mol. The summed E-state index contributed by atoms with van der Waals surface area (Å²) in [6.45, 7) is 3.94. The molecule has 0 aliphatic carbocycles. The van der Waals surface area contributed by atoms with E-state index < -0.39 is 0 Å². The topological polar surface area (TPSA) is 54.9 Å². The molecule has 4 nitrogen and oxygen atoms in total. The highest BCUT2D eigenvalue weighted by Crippen LogP contribution is 2.29. The Morgan fingerprint density at radius 1 is 1.08 bits per heavy atom. The van der Waals surface area contributed by atoms with Crippen LogP contribution in [0.2, 0.25) is 0 Å². The third-order valence-corrected chi connectivity index (χ3v) is 5.86. The average molecular weight is 365 g/mol. The Balaban J connectivity index is 1.80. The van der Waals surface area contributed by atoms with Crippen molar-refractivity contribution in [3.63, 3.8) is 0 Å². The van der Waals surface area contributed by atoms with Gasteiger partial charge >= 0.3 is 0 Å². The molecule has 1 aromatic carbocycles. The van der Waals surface area contributed by atoms with Gasteiger partial charge in [0.25, 0.3) is 5.91 Å². The summed E-state index contributed by atoms with van der Waals surface area (Å²) in [6, 6.07) is 13.6. The number of aromatic nitrogens is 2. The molecular formula is C19H15N3OS2. The van der Waals surface area contributed by atoms with Crippen LogP contribution in [-0.4, -0.2) is 15.9 Å². The summed E-state index contributed by atoms with van der Waals surface area (Å²) in [5, 5.41) is 6.40. The van der Waals surface area contributed by atoms with Gasteiger partial charge in [-0.3, -0.25) is 10.1 Å². The maximum atomic E-state index is 12.9. The third-order valence-electron chi connectivity index (χ3n) is 3.98. The third kappa shape index (κ3) is 3.06. The first kappa shape index (κ1) is 15.9. The van der Waals surface area contributed by atoms with E-state index in [9.17, 15) is 4.79 Å². The SMILES string of the molecule is Cc1nc(NC(=O)c2cc(-c3cccs3)nc3ccccc23)sc1C. The van der Waals surface area contributed by atoms with Crippen LogP contribution in [0.4, 0.5) is 5.13 Å². The van der Waals surface area contributed by atoms with Crippen LogP contribution in [0.5, 0.6) is 0 Å². The number of fused-ring (bicyclic) bond motifs is 1. The first-order chi connectivity index (χ1) is 12.1. The number of thiophene rings is 1. The van der Waals surface area contributed by atoms with Crippen molar-refractivity contribution >= 4 is 44.6 Å². The average Bonchev–Trinajstić information content (AvgIpc) is 3.24. The summed E-state index contributed by atoms with van der Waals surface area (Å²) in [6.07, 6.45) is 0. The standard InChI is InChI=1S/C19H15N3OS2/c1-11-12(2)25-19(20-11)22-18(23)14-10-16(17-8-5-9-24-17)21-15-7-4-3-6-13(14)15/h3-10H,1-2H3,(H,20,22,23). The molecule has 0 bridgehead atoms. The van der Waals surface area contributed by atoms with Crippen molar-refractivity contribution in [3.8, 4) is 10.6 Å². The van der Waals surface area contributed by atoms with Crippen LogP contribution in [0.1, 0.15) is 20.9 Å². The molecule has 0 aliphatic heterocycles. The second-order valence-corrected chi connectivity index (χ2v) is 7.82. The summed E-state index contributed by atoms with van der Waals surface area (Å²) in [5.74, 6) is -0.162. The van der Waals surface area contributed by atoms with Crippen molar-refractivity contribution in [2.75, 3.05) is 5.32 Å². The number of nitrogens with one attached hydrogen (secondary N) is 1. The summed E-state index contributed by atoms with van der Waals surface area (Å²) in [5.41, 5.74) is 3.18. The second-order valence-electron chi connectivity index (χ2n) is 5.66. The van der Waals surface area contributed by atoms with Gasteiger partial charge in [-0.1, -0.05) is 24.3 Å². The first-order valence-electron chi connectivity index (χ1n) is 7.81. The van der Waals surface area contributed by atoms with E-state index in [0.29, 0.717) is 10.7 Å². The number of hydrogen-bond donors (Lipinski definition) is 1. The fraction of sp³-hybridized carbons (Fsp3) is 0.105. The van der Waals surface area contributed by atoms with Crippen LogP contribution in [0.25, 0.3) is 21.5 Å². The van der Waals surface area contributed by atoms with E-state index in [4.69, 9.17) is 4.98 Å². The lowest BCUT2D eigenvalue weighted by Gasteiger charge is -2.08. The van der Waals surface area contributed by atoms with E-state index in [1.165, 1.54) is 11.3 Å². The summed E-state index contributed by atoms with van der Waals surface area (Å²) >= 11 is 3.10.